The van der Waals surface area contributed by atoms with E-state index in [1.54, 1.807) is 19.2 Å². The van der Waals surface area contributed by atoms with Crippen molar-refractivity contribution in [2.45, 2.75) is 10.6 Å². The molecule has 3 aromatic rings. The van der Waals surface area contributed by atoms with E-state index in [4.69, 9.17) is 0 Å². The van der Waals surface area contributed by atoms with E-state index in [1.807, 2.05) is 42.7 Å². The summed E-state index contributed by atoms with van der Waals surface area (Å²) in [5.41, 5.74) is 1.49. The van der Waals surface area contributed by atoms with Crippen molar-refractivity contribution in [3.63, 3.8) is 0 Å². The number of hydrogen-bond donors (Lipinski definition) is 2. The molecule has 1 unspecified atom stereocenters. The Hall–Kier alpha value is -3.65. The molecular weight excluding hydrogens is 412 g/mol. The van der Waals surface area contributed by atoms with Gasteiger partial charge in [-0.3, -0.25) is 14.4 Å². The Morgan fingerprint density at radius 2 is 1.71 bits per heavy atom. The molecule has 6 rings (SSSR count). The van der Waals surface area contributed by atoms with Gasteiger partial charge in [-0.15, -0.1) is 0 Å². The molecule has 0 saturated heterocycles. The number of aromatic amines is 1. The third-order valence-electron chi connectivity index (χ3n) is 6.30. The van der Waals surface area contributed by atoms with Crippen LogP contribution in [0.3, 0.4) is 0 Å². The zero-order chi connectivity index (χ0) is 21.5. The maximum Gasteiger partial charge on any atom is 0.258 e. The molecule has 3 heterocycles. The lowest BCUT2D eigenvalue weighted by Crippen LogP contribution is -2.49. The highest BCUT2D eigenvalue weighted by atomic mass is 32.2. The van der Waals surface area contributed by atoms with E-state index in [9.17, 15) is 14.4 Å². The molecule has 1 aliphatic carbocycles. The molecule has 0 bridgehead atoms. The van der Waals surface area contributed by atoms with Crippen LogP contribution in [0.1, 0.15) is 27.0 Å². The maximum absolute atomic E-state index is 14.0. The Morgan fingerprint density at radius 3 is 2.48 bits per heavy atom. The minimum atomic E-state index is -1.56. The first-order valence-electron chi connectivity index (χ1n) is 9.72. The Balaban J connectivity index is 1.81. The minimum Gasteiger partial charge on any atom is -0.339 e. The average Bonchev–Trinajstić information content (AvgIpc) is 3.19. The first kappa shape index (κ1) is 18.1. The molecule has 31 heavy (non-hydrogen) atoms. The van der Waals surface area contributed by atoms with Gasteiger partial charge in [0.25, 0.3) is 5.56 Å². The number of rotatable bonds is 1. The molecule has 2 aromatic carbocycles. The lowest BCUT2D eigenvalue weighted by Gasteiger charge is -2.35. The molecule has 7 nitrogen and oxygen atoms in total. The first-order chi connectivity index (χ1) is 15.0. The third kappa shape index (κ3) is 2.00. The standard InChI is InChI=1S/C23H16N4O3S/c1-27-14-10-6-5-9-13(14)23(21(27)30)15-17(11-7-3-4-8-12(11)18(15)28)24-19-16(23)20(29)26-22(25-19)31-2/h3-10H,1-2H3,(H2,24,25,26,29). The number of thioether (sulfide) groups is 1. The highest BCUT2D eigenvalue weighted by Gasteiger charge is 2.62. The highest BCUT2D eigenvalue weighted by molar-refractivity contribution is 7.98. The number of ketones is 1. The molecule has 2 N–H and O–H groups in total. The summed E-state index contributed by atoms with van der Waals surface area (Å²) in [6.07, 6.45) is 1.81. The van der Waals surface area contributed by atoms with Crippen LogP contribution < -0.4 is 15.8 Å². The van der Waals surface area contributed by atoms with Crippen molar-refractivity contribution in [3.05, 3.63) is 86.7 Å². The number of fused-ring (bicyclic) bond motifs is 7. The van der Waals surface area contributed by atoms with Crippen LogP contribution in [0, 0.1) is 0 Å². The summed E-state index contributed by atoms with van der Waals surface area (Å²) in [7, 11) is 1.67. The average molecular weight is 428 g/mol. The van der Waals surface area contributed by atoms with Crippen molar-refractivity contribution < 1.29 is 9.59 Å². The molecule has 2 aliphatic heterocycles. The number of Topliss-reactive ketones (excluding diaryl/α,β-unsaturated/α-hetero) is 1. The van der Waals surface area contributed by atoms with E-state index in [-0.39, 0.29) is 22.8 Å². The SMILES string of the molecule is CSc1nc2c(c(=O)[nH]1)C1(C(=O)N(C)c3ccccc31)C1=C(N2)c2ccccc2C1=O. The molecule has 1 atom stereocenters. The van der Waals surface area contributed by atoms with Crippen LogP contribution in [0.15, 0.2) is 64.1 Å². The van der Waals surface area contributed by atoms with Crippen LogP contribution in [-0.2, 0) is 10.2 Å². The second kappa shape index (κ2) is 5.95. The van der Waals surface area contributed by atoms with Crippen LogP contribution in [0.5, 0.6) is 0 Å². The molecule has 152 valence electrons. The van der Waals surface area contributed by atoms with Crippen LogP contribution in [-0.4, -0.2) is 35.0 Å². The lowest BCUT2D eigenvalue weighted by atomic mass is 9.67. The van der Waals surface area contributed by atoms with Crippen molar-refractivity contribution >= 4 is 40.7 Å². The summed E-state index contributed by atoms with van der Waals surface area (Å²) in [6.45, 7) is 0. The van der Waals surface area contributed by atoms with Crippen LogP contribution in [0.4, 0.5) is 11.5 Å². The number of anilines is 2. The Kier molecular flexibility index (Phi) is 3.48. The summed E-state index contributed by atoms with van der Waals surface area (Å²) >= 11 is 1.30. The fourth-order valence-corrected chi connectivity index (χ4v) is 5.42. The van der Waals surface area contributed by atoms with Crippen molar-refractivity contribution in [2.24, 2.45) is 0 Å². The number of carbonyl (C=O) groups excluding carboxylic acids is 2. The van der Waals surface area contributed by atoms with Gasteiger partial charge in [0, 0.05) is 35.0 Å². The highest BCUT2D eigenvalue weighted by Crippen LogP contribution is 2.57. The molecule has 0 fully saturated rings. The van der Waals surface area contributed by atoms with Gasteiger partial charge in [-0.1, -0.05) is 54.2 Å². The number of nitrogens with zero attached hydrogens (tertiary/aromatic N) is 2. The predicted octanol–water partition coefficient (Wildman–Crippen LogP) is 2.79. The number of likely N-dealkylation sites (N-methyl/N-ethyl adjacent to an activating group) is 1. The largest absolute Gasteiger partial charge is 0.339 e. The summed E-state index contributed by atoms with van der Waals surface area (Å²) < 4.78 is 0. The second-order valence-electron chi connectivity index (χ2n) is 7.68. The van der Waals surface area contributed by atoms with Gasteiger partial charge in [-0.05, 0) is 12.3 Å². The smallest absolute Gasteiger partial charge is 0.258 e. The van der Waals surface area contributed by atoms with Crippen LogP contribution >= 0.6 is 11.8 Å². The molecule has 1 spiro atoms. The van der Waals surface area contributed by atoms with Gasteiger partial charge in [0.1, 0.15) is 11.2 Å². The quantitative estimate of drug-likeness (QED) is 0.457. The van der Waals surface area contributed by atoms with E-state index in [0.717, 1.165) is 0 Å². The molecule has 0 saturated carbocycles. The van der Waals surface area contributed by atoms with E-state index in [2.05, 4.69) is 15.3 Å². The molecule has 0 radical (unpaired) electrons. The summed E-state index contributed by atoms with van der Waals surface area (Å²) in [5.74, 6) is -0.292. The van der Waals surface area contributed by atoms with Crippen LogP contribution in [0.2, 0.25) is 0 Å². The number of aromatic nitrogens is 2. The number of hydrogen-bond acceptors (Lipinski definition) is 6. The third-order valence-corrected chi connectivity index (χ3v) is 6.88. The number of H-pyrrole nitrogens is 1. The van der Waals surface area contributed by atoms with E-state index in [1.165, 1.54) is 16.7 Å². The maximum atomic E-state index is 14.0. The molecular formula is C23H16N4O3S. The van der Waals surface area contributed by atoms with Gasteiger partial charge in [-0.25, -0.2) is 4.98 Å². The zero-order valence-electron chi connectivity index (χ0n) is 16.6. The number of amides is 1. The Bertz CT molecular complexity index is 1440. The van der Waals surface area contributed by atoms with Gasteiger partial charge in [0.2, 0.25) is 5.91 Å². The number of nitrogens with one attached hydrogen (secondary N) is 2. The zero-order valence-corrected chi connectivity index (χ0v) is 17.5. The fraction of sp³-hybridized carbons (Fsp3) is 0.130. The van der Waals surface area contributed by atoms with Gasteiger partial charge >= 0.3 is 0 Å². The molecule has 8 heteroatoms. The van der Waals surface area contributed by atoms with E-state index in [0.29, 0.717) is 39.0 Å². The Morgan fingerprint density at radius 1 is 1.00 bits per heavy atom. The number of carbonyl (C=O) groups is 2. The molecule has 1 amide bonds. The first-order valence-corrected chi connectivity index (χ1v) is 10.9. The fourth-order valence-electron chi connectivity index (χ4n) is 5.04. The minimum absolute atomic E-state index is 0.159. The van der Waals surface area contributed by atoms with E-state index < -0.39 is 11.0 Å². The van der Waals surface area contributed by atoms with Crippen molar-refractivity contribution in [1.29, 1.82) is 0 Å². The topological polar surface area (TPSA) is 95.2 Å². The molecule has 1 aromatic heterocycles. The second-order valence-corrected chi connectivity index (χ2v) is 8.47. The monoisotopic (exact) mass is 428 g/mol. The van der Waals surface area contributed by atoms with Gasteiger partial charge in [-0.2, -0.15) is 0 Å². The van der Waals surface area contributed by atoms with Gasteiger partial charge in [0.05, 0.1) is 11.3 Å². The lowest BCUT2D eigenvalue weighted by molar-refractivity contribution is -0.120. The van der Waals surface area contributed by atoms with E-state index >= 15 is 0 Å². The molecule has 3 aliphatic rings. The Labute approximate surface area is 181 Å². The summed E-state index contributed by atoms with van der Waals surface area (Å²) in [6, 6.07) is 14.5. The summed E-state index contributed by atoms with van der Waals surface area (Å²) in [4.78, 5) is 49.9. The van der Waals surface area contributed by atoms with Gasteiger partial charge < -0.3 is 15.2 Å². The normalized spacial score (nSPS) is 20.5. The van der Waals surface area contributed by atoms with Crippen molar-refractivity contribution in [3.8, 4) is 0 Å². The van der Waals surface area contributed by atoms with Gasteiger partial charge in [0.15, 0.2) is 10.9 Å². The predicted molar refractivity (Wildman–Crippen MR) is 119 cm³/mol. The summed E-state index contributed by atoms with van der Waals surface area (Å²) in [5, 5.41) is 3.65. The number of benzene rings is 2. The van der Waals surface area contributed by atoms with Crippen LogP contribution in [0.25, 0.3) is 5.70 Å². The van der Waals surface area contributed by atoms with Crippen molar-refractivity contribution in [1.82, 2.24) is 9.97 Å². The number of para-hydroxylation sites is 1. The van der Waals surface area contributed by atoms with Crippen molar-refractivity contribution in [2.75, 3.05) is 23.5 Å².